The van der Waals surface area contributed by atoms with Crippen molar-refractivity contribution in [1.82, 2.24) is 20.1 Å². The molecule has 0 radical (unpaired) electrons. The number of aromatic amines is 1. The summed E-state index contributed by atoms with van der Waals surface area (Å²) in [4.78, 5) is 18.3. The summed E-state index contributed by atoms with van der Waals surface area (Å²) in [6.45, 7) is 1.67. The molecule has 3 rings (SSSR count). The molecule has 0 aromatic carbocycles. The predicted octanol–water partition coefficient (Wildman–Crippen LogP) is 1.86. The molecule has 1 unspecified atom stereocenters. The Morgan fingerprint density at radius 1 is 1.57 bits per heavy atom. The molecule has 0 spiro atoms. The van der Waals surface area contributed by atoms with Crippen LogP contribution in [0.1, 0.15) is 28.9 Å². The zero-order valence-electron chi connectivity index (χ0n) is 12.5. The summed E-state index contributed by atoms with van der Waals surface area (Å²) in [5.41, 5.74) is 6.82. The van der Waals surface area contributed by atoms with Crippen LogP contribution in [0.3, 0.4) is 0 Å². The number of amides is 1. The molecule has 0 saturated carbocycles. The van der Waals surface area contributed by atoms with Gasteiger partial charge in [-0.3, -0.25) is 14.9 Å². The summed E-state index contributed by atoms with van der Waals surface area (Å²) in [5, 5.41) is 6.53. The van der Waals surface area contributed by atoms with Gasteiger partial charge in [-0.25, -0.2) is 0 Å². The lowest BCUT2D eigenvalue weighted by molar-refractivity contribution is -0.00697. The second-order valence-corrected chi connectivity index (χ2v) is 5.86. The van der Waals surface area contributed by atoms with Crippen LogP contribution < -0.4 is 5.73 Å². The molecule has 23 heavy (non-hydrogen) atoms. The minimum atomic E-state index is -0.200. The highest BCUT2D eigenvalue weighted by molar-refractivity contribution is 6.35. The van der Waals surface area contributed by atoms with Crippen LogP contribution in [0.2, 0.25) is 5.02 Å². The number of hydrogen-bond acceptors (Lipinski definition) is 5. The van der Waals surface area contributed by atoms with Gasteiger partial charge in [0, 0.05) is 25.5 Å². The third-order valence-electron chi connectivity index (χ3n) is 3.82. The van der Waals surface area contributed by atoms with Gasteiger partial charge in [0.1, 0.15) is 10.7 Å². The zero-order valence-corrected chi connectivity index (χ0v) is 13.3. The van der Waals surface area contributed by atoms with Crippen LogP contribution in [0.25, 0.3) is 0 Å². The average molecular weight is 336 g/mol. The second-order valence-electron chi connectivity index (χ2n) is 5.49. The molecule has 1 amide bonds. The van der Waals surface area contributed by atoms with Gasteiger partial charge in [-0.1, -0.05) is 17.7 Å². The fraction of sp³-hybridized carbons (Fsp3) is 0.400. The van der Waals surface area contributed by atoms with E-state index in [0.717, 1.165) is 18.4 Å². The molecule has 1 aliphatic heterocycles. The van der Waals surface area contributed by atoms with E-state index < -0.39 is 0 Å². The zero-order chi connectivity index (χ0) is 16.2. The first-order chi connectivity index (χ1) is 11.1. The van der Waals surface area contributed by atoms with E-state index in [1.165, 1.54) is 0 Å². The van der Waals surface area contributed by atoms with E-state index in [9.17, 15) is 4.79 Å². The highest BCUT2D eigenvalue weighted by Crippen LogP contribution is 2.23. The summed E-state index contributed by atoms with van der Waals surface area (Å²) >= 11 is 6.00. The Kier molecular flexibility index (Phi) is 4.78. The molecular formula is C15H18ClN5O2. The largest absolute Gasteiger partial charge is 0.381 e. The number of nitrogen functional groups attached to an aromatic ring is 1. The third-order valence-corrected chi connectivity index (χ3v) is 4.20. The number of rotatable bonds is 4. The van der Waals surface area contributed by atoms with Crippen molar-refractivity contribution in [2.75, 3.05) is 18.8 Å². The van der Waals surface area contributed by atoms with Crippen molar-refractivity contribution in [2.45, 2.75) is 25.6 Å². The smallest absolute Gasteiger partial charge is 0.273 e. The SMILES string of the molecule is Nc1n[nH]c(C(=O)N2CCCC(OCc3cccnc3)C2)c1Cl. The summed E-state index contributed by atoms with van der Waals surface area (Å²) in [7, 11) is 0. The van der Waals surface area contributed by atoms with Gasteiger partial charge < -0.3 is 15.4 Å². The van der Waals surface area contributed by atoms with Gasteiger partial charge in [-0.05, 0) is 24.5 Å². The quantitative estimate of drug-likeness (QED) is 0.888. The number of pyridine rings is 1. The van der Waals surface area contributed by atoms with Crippen LogP contribution >= 0.6 is 11.6 Å². The number of nitrogens with one attached hydrogen (secondary N) is 1. The van der Waals surface area contributed by atoms with Gasteiger partial charge in [0.2, 0.25) is 0 Å². The molecular weight excluding hydrogens is 318 g/mol. The number of carbonyl (C=O) groups is 1. The van der Waals surface area contributed by atoms with E-state index in [2.05, 4.69) is 15.2 Å². The van der Waals surface area contributed by atoms with E-state index in [1.807, 2.05) is 12.1 Å². The summed E-state index contributed by atoms with van der Waals surface area (Å²) in [6, 6.07) is 3.84. The monoisotopic (exact) mass is 335 g/mol. The van der Waals surface area contributed by atoms with E-state index in [-0.39, 0.29) is 28.5 Å². The maximum absolute atomic E-state index is 12.5. The Bertz CT molecular complexity index is 676. The summed E-state index contributed by atoms with van der Waals surface area (Å²) < 4.78 is 5.90. The number of nitrogens with two attached hydrogens (primary N) is 1. The predicted molar refractivity (Wildman–Crippen MR) is 86.0 cm³/mol. The van der Waals surface area contributed by atoms with Crippen molar-refractivity contribution >= 4 is 23.3 Å². The number of aromatic nitrogens is 3. The fourth-order valence-corrected chi connectivity index (χ4v) is 2.76. The van der Waals surface area contributed by atoms with Gasteiger partial charge in [-0.2, -0.15) is 5.10 Å². The fourth-order valence-electron chi connectivity index (χ4n) is 2.60. The number of ether oxygens (including phenoxy) is 1. The molecule has 2 aromatic heterocycles. The molecule has 1 atom stereocenters. The molecule has 7 nitrogen and oxygen atoms in total. The number of piperidine rings is 1. The van der Waals surface area contributed by atoms with Crippen molar-refractivity contribution in [3.8, 4) is 0 Å². The maximum Gasteiger partial charge on any atom is 0.273 e. The first-order valence-electron chi connectivity index (χ1n) is 7.44. The molecule has 3 N–H and O–H groups in total. The number of likely N-dealkylation sites (tertiary alicyclic amines) is 1. The highest BCUT2D eigenvalue weighted by atomic mass is 35.5. The van der Waals surface area contributed by atoms with Gasteiger partial charge in [0.25, 0.3) is 5.91 Å². The van der Waals surface area contributed by atoms with Crippen molar-refractivity contribution < 1.29 is 9.53 Å². The number of H-pyrrole nitrogens is 1. The Balaban J connectivity index is 1.59. The van der Waals surface area contributed by atoms with Crippen LogP contribution in [0.5, 0.6) is 0 Å². The Labute approximate surface area is 138 Å². The van der Waals surface area contributed by atoms with E-state index in [1.54, 1.807) is 17.3 Å². The summed E-state index contributed by atoms with van der Waals surface area (Å²) in [6.07, 6.45) is 5.29. The van der Waals surface area contributed by atoms with Crippen LogP contribution in [0.4, 0.5) is 5.82 Å². The number of anilines is 1. The first kappa shape index (κ1) is 15.8. The highest BCUT2D eigenvalue weighted by Gasteiger charge is 2.28. The maximum atomic E-state index is 12.5. The average Bonchev–Trinajstić information content (AvgIpc) is 2.93. The third kappa shape index (κ3) is 3.62. The normalized spacial score (nSPS) is 18.1. The molecule has 8 heteroatoms. The van der Waals surface area contributed by atoms with Gasteiger partial charge in [0.15, 0.2) is 5.82 Å². The Morgan fingerprint density at radius 2 is 2.43 bits per heavy atom. The van der Waals surface area contributed by atoms with E-state index in [4.69, 9.17) is 22.1 Å². The molecule has 0 bridgehead atoms. The molecule has 122 valence electrons. The number of halogens is 1. The summed E-state index contributed by atoms with van der Waals surface area (Å²) in [5.74, 6) is -0.0646. The Hall–Kier alpha value is -2.12. The van der Waals surface area contributed by atoms with Crippen molar-refractivity contribution in [3.63, 3.8) is 0 Å². The molecule has 1 fully saturated rings. The minimum absolute atomic E-state index is 0.00745. The van der Waals surface area contributed by atoms with Crippen LogP contribution in [0.15, 0.2) is 24.5 Å². The van der Waals surface area contributed by atoms with Gasteiger partial charge in [-0.15, -0.1) is 0 Å². The Morgan fingerprint density at radius 3 is 3.13 bits per heavy atom. The van der Waals surface area contributed by atoms with Crippen LogP contribution in [0, 0.1) is 0 Å². The second kappa shape index (κ2) is 6.97. The molecule has 3 heterocycles. The minimum Gasteiger partial charge on any atom is -0.381 e. The molecule has 2 aromatic rings. The van der Waals surface area contributed by atoms with Crippen LogP contribution in [-0.4, -0.2) is 45.2 Å². The van der Waals surface area contributed by atoms with Crippen LogP contribution in [-0.2, 0) is 11.3 Å². The van der Waals surface area contributed by atoms with Crippen molar-refractivity contribution in [1.29, 1.82) is 0 Å². The van der Waals surface area contributed by atoms with Crippen molar-refractivity contribution in [3.05, 3.63) is 40.8 Å². The number of carbonyl (C=O) groups excluding carboxylic acids is 1. The number of hydrogen-bond donors (Lipinski definition) is 2. The lowest BCUT2D eigenvalue weighted by Gasteiger charge is -2.32. The van der Waals surface area contributed by atoms with E-state index in [0.29, 0.717) is 19.7 Å². The topological polar surface area (TPSA) is 97.1 Å². The molecule has 1 saturated heterocycles. The first-order valence-corrected chi connectivity index (χ1v) is 7.82. The lowest BCUT2D eigenvalue weighted by atomic mass is 10.1. The lowest BCUT2D eigenvalue weighted by Crippen LogP contribution is -2.43. The van der Waals surface area contributed by atoms with E-state index >= 15 is 0 Å². The molecule has 1 aliphatic rings. The van der Waals surface area contributed by atoms with Crippen molar-refractivity contribution in [2.24, 2.45) is 0 Å². The van der Waals surface area contributed by atoms with Gasteiger partial charge >= 0.3 is 0 Å². The van der Waals surface area contributed by atoms with Gasteiger partial charge in [0.05, 0.1) is 12.7 Å². The standard InChI is InChI=1S/C15H18ClN5O2/c16-12-13(19-20-14(12)17)15(22)21-6-2-4-11(8-21)23-9-10-3-1-5-18-7-10/h1,3,5,7,11H,2,4,6,8-9H2,(H3,17,19,20). The molecule has 0 aliphatic carbocycles. The number of nitrogens with zero attached hydrogens (tertiary/aromatic N) is 3.